The molecular formula is C16H16FN3O2. The molecule has 6 heteroatoms. The number of likely N-dealkylation sites (tertiary alicyclic amines) is 1. The Morgan fingerprint density at radius 3 is 2.59 bits per heavy atom. The highest BCUT2D eigenvalue weighted by atomic mass is 19.1. The number of carbonyl (C=O) groups is 1. The number of nitrogens with zero attached hydrogens (tertiary/aromatic N) is 3. The van der Waals surface area contributed by atoms with Crippen LogP contribution in [0, 0.1) is 5.82 Å². The SMILES string of the molecule is O=C(c1cccc(F)c1)N1CCC(Oc2ncccn2)CC1. The van der Waals surface area contributed by atoms with Crippen LogP contribution in [0.4, 0.5) is 4.39 Å². The molecule has 1 aromatic heterocycles. The molecular weight excluding hydrogens is 285 g/mol. The Labute approximate surface area is 127 Å². The first kappa shape index (κ1) is 14.4. The maximum atomic E-state index is 13.2. The molecule has 0 saturated carbocycles. The van der Waals surface area contributed by atoms with Crippen LogP contribution in [-0.2, 0) is 0 Å². The standard InChI is InChI=1S/C16H16FN3O2/c17-13-4-1-3-12(11-13)15(21)20-9-5-14(6-10-20)22-16-18-7-2-8-19-16/h1-4,7-8,11,14H,5-6,9-10H2. The van der Waals surface area contributed by atoms with Gasteiger partial charge in [0.2, 0.25) is 0 Å². The van der Waals surface area contributed by atoms with Gasteiger partial charge in [-0.1, -0.05) is 6.07 Å². The molecule has 1 aromatic carbocycles. The zero-order valence-electron chi connectivity index (χ0n) is 12.0. The van der Waals surface area contributed by atoms with Crippen molar-refractivity contribution in [1.82, 2.24) is 14.9 Å². The second kappa shape index (κ2) is 6.51. The van der Waals surface area contributed by atoms with Crippen LogP contribution < -0.4 is 4.74 Å². The van der Waals surface area contributed by atoms with Crippen molar-refractivity contribution >= 4 is 5.91 Å². The van der Waals surface area contributed by atoms with Crippen molar-refractivity contribution in [2.75, 3.05) is 13.1 Å². The largest absolute Gasteiger partial charge is 0.460 e. The van der Waals surface area contributed by atoms with Gasteiger partial charge in [0.1, 0.15) is 11.9 Å². The summed E-state index contributed by atoms with van der Waals surface area (Å²) in [4.78, 5) is 22.1. The lowest BCUT2D eigenvalue weighted by Gasteiger charge is -2.31. The Morgan fingerprint density at radius 2 is 1.91 bits per heavy atom. The van der Waals surface area contributed by atoms with Crippen LogP contribution >= 0.6 is 0 Å². The molecule has 3 rings (SSSR count). The van der Waals surface area contributed by atoms with E-state index in [-0.39, 0.29) is 12.0 Å². The van der Waals surface area contributed by atoms with Crippen LogP contribution in [0.2, 0.25) is 0 Å². The second-order valence-corrected chi connectivity index (χ2v) is 5.15. The monoisotopic (exact) mass is 301 g/mol. The van der Waals surface area contributed by atoms with E-state index in [0.717, 1.165) is 0 Å². The predicted molar refractivity (Wildman–Crippen MR) is 78.0 cm³/mol. The Morgan fingerprint density at radius 1 is 1.18 bits per heavy atom. The van der Waals surface area contributed by atoms with Gasteiger partial charge >= 0.3 is 6.01 Å². The van der Waals surface area contributed by atoms with Crippen LogP contribution in [0.3, 0.4) is 0 Å². The third-order valence-corrected chi connectivity index (χ3v) is 3.61. The van der Waals surface area contributed by atoms with Gasteiger partial charge in [-0.15, -0.1) is 0 Å². The number of rotatable bonds is 3. The highest BCUT2D eigenvalue weighted by Crippen LogP contribution is 2.17. The van der Waals surface area contributed by atoms with Crippen LogP contribution in [-0.4, -0.2) is 40.0 Å². The molecule has 0 aliphatic carbocycles. The topological polar surface area (TPSA) is 55.3 Å². The van der Waals surface area contributed by atoms with Crippen molar-refractivity contribution in [2.45, 2.75) is 18.9 Å². The average molecular weight is 301 g/mol. The zero-order chi connectivity index (χ0) is 15.4. The molecule has 0 atom stereocenters. The number of aromatic nitrogens is 2. The third kappa shape index (κ3) is 3.39. The number of carbonyl (C=O) groups excluding carboxylic acids is 1. The third-order valence-electron chi connectivity index (χ3n) is 3.61. The van der Waals surface area contributed by atoms with Crippen LogP contribution in [0.5, 0.6) is 6.01 Å². The van der Waals surface area contributed by atoms with E-state index in [9.17, 15) is 9.18 Å². The van der Waals surface area contributed by atoms with Crippen molar-refractivity contribution in [3.8, 4) is 6.01 Å². The van der Waals surface area contributed by atoms with Gasteiger partial charge in [0, 0.05) is 43.9 Å². The molecule has 114 valence electrons. The summed E-state index contributed by atoms with van der Waals surface area (Å²) in [5.41, 5.74) is 0.380. The summed E-state index contributed by atoms with van der Waals surface area (Å²) in [5, 5.41) is 0. The molecule has 1 aliphatic rings. The molecule has 1 aliphatic heterocycles. The number of amides is 1. The molecule has 0 N–H and O–H groups in total. The van der Waals surface area contributed by atoms with Gasteiger partial charge in [-0.25, -0.2) is 14.4 Å². The minimum absolute atomic E-state index is 0.000963. The van der Waals surface area contributed by atoms with Gasteiger partial charge in [-0.05, 0) is 24.3 Å². The zero-order valence-corrected chi connectivity index (χ0v) is 12.0. The fourth-order valence-corrected chi connectivity index (χ4v) is 2.48. The first-order valence-electron chi connectivity index (χ1n) is 7.21. The van der Waals surface area contributed by atoms with Gasteiger partial charge in [-0.3, -0.25) is 4.79 Å². The number of piperidine rings is 1. The lowest BCUT2D eigenvalue weighted by Crippen LogP contribution is -2.42. The van der Waals surface area contributed by atoms with Gasteiger partial charge in [0.25, 0.3) is 5.91 Å². The molecule has 1 saturated heterocycles. The summed E-state index contributed by atoms with van der Waals surface area (Å²) < 4.78 is 18.9. The minimum atomic E-state index is -0.398. The maximum Gasteiger partial charge on any atom is 0.316 e. The number of ether oxygens (including phenoxy) is 1. The molecule has 2 heterocycles. The number of benzene rings is 1. The fourth-order valence-electron chi connectivity index (χ4n) is 2.48. The lowest BCUT2D eigenvalue weighted by molar-refractivity contribution is 0.0578. The van der Waals surface area contributed by atoms with Crippen molar-refractivity contribution in [2.24, 2.45) is 0 Å². The van der Waals surface area contributed by atoms with E-state index in [1.54, 1.807) is 35.5 Å². The first-order valence-corrected chi connectivity index (χ1v) is 7.21. The normalized spacial score (nSPS) is 15.6. The van der Waals surface area contributed by atoms with E-state index in [0.29, 0.717) is 37.5 Å². The summed E-state index contributed by atoms with van der Waals surface area (Å²) >= 11 is 0. The molecule has 1 amide bonds. The molecule has 0 radical (unpaired) electrons. The highest BCUT2D eigenvalue weighted by Gasteiger charge is 2.25. The summed E-state index contributed by atoms with van der Waals surface area (Å²) in [6.07, 6.45) is 4.67. The Hall–Kier alpha value is -2.50. The minimum Gasteiger partial charge on any atom is -0.460 e. The average Bonchev–Trinajstić information content (AvgIpc) is 2.56. The van der Waals surface area contributed by atoms with Gasteiger partial charge in [-0.2, -0.15) is 0 Å². The number of hydrogen-bond donors (Lipinski definition) is 0. The molecule has 0 unspecified atom stereocenters. The van der Waals surface area contributed by atoms with Gasteiger partial charge in [0.05, 0.1) is 0 Å². The van der Waals surface area contributed by atoms with Crippen LogP contribution in [0.1, 0.15) is 23.2 Å². The summed E-state index contributed by atoms with van der Waals surface area (Å²) in [6, 6.07) is 7.86. The van der Waals surface area contributed by atoms with E-state index < -0.39 is 5.82 Å². The van der Waals surface area contributed by atoms with Crippen molar-refractivity contribution in [3.63, 3.8) is 0 Å². The van der Waals surface area contributed by atoms with Crippen molar-refractivity contribution in [1.29, 1.82) is 0 Å². The summed E-state index contributed by atoms with van der Waals surface area (Å²) in [6.45, 7) is 1.15. The van der Waals surface area contributed by atoms with E-state index >= 15 is 0 Å². The smallest absolute Gasteiger partial charge is 0.316 e. The highest BCUT2D eigenvalue weighted by molar-refractivity contribution is 5.94. The number of hydrogen-bond acceptors (Lipinski definition) is 4. The van der Waals surface area contributed by atoms with Gasteiger partial charge < -0.3 is 9.64 Å². The maximum absolute atomic E-state index is 13.2. The first-order chi connectivity index (χ1) is 10.7. The quantitative estimate of drug-likeness (QED) is 0.873. The predicted octanol–water partition coefficient (Wildman–Crippen LogP) is 2.30. The van der Waals surface area contributed by atoms with E-state index in [4.69, 9.17) is 4.74 Å². The second-order valence-electron chi connectivity index (χ2n) is 5.15. The Kier molecular flexibility index (Phi) is 4.27. The molecule has 0 spiro atoms. The molecule has 1 fully saturated rings. The van der Waals surface area contributed by atoms with Crippen LogP contribution in [0.15, 0.2) is 42.7 Å². The van der Waals surface area contributed by atoms with E-state index in [1.165, 1.54) is 12.1 Å². The van der Waals surface area contributed by atoms with Gasteiger partial charge in [0.15, 0.2) is 0 Å². The van der Waals surface area contributed by atoms with Crippen molar-refractivity contribution < 1.29 is 13.9 Å². The Balaban J connectivity index is 1.56. The van der Waals surface area contributed by atoms with Crippen LogP contribution in [0.25, 0.3) is 0 Å². The van der Waals surface area contributed by atoms with Crippen molar-refractivity contribution in [3.05, 3.63) is 54.1 Å². The fraction of sp³-hybridized carbons (Fsp3) is 0.312. The van der Waals surface area contributed by atoms with E-state index in [1.807, 2.05) is 0 Å². The molecule has 22 heavy (non-hydrogen) atoms. The summed E-state index contributed by atoms with van der Waals surface area (Å²) in [7, 11) is 0. The molecule has 5 nitrogen and oxygen atoms in total. The summed E-state index contributed by atoms with van der Waals surface area (Å²) in [5.74, 6) is -0.542. The van der Waals surface area contributed by atoms with E-state index in [2.05, 4.69) is 9.97 Å². The number of halogens is 1. The Bertz CT molecular complexity index is 643. The lowest BCUT2D eigenvalue weighted by atomic mass is 10.1. The molecule has 2 aromatic rings. The molecule has 0 bridgehead atoms.